The molecule has 122 valence electrons. The van der Waals surface area contributed by atoms with Crippen LogP contribution in [0.15, 0.2) is 16.4 Å². The Balaban J connectivity index is 2.73. The molecule has 1 aromatic rings. The van der Waals surface area contributed by atoms with Crippen LogP contribution in [-0.4, -0.2) is 30.5 Å². The van der Waals surface area contributed by atoms with Crippen molar-refractivity contribution >= 4 is 23.1 Å². The maximum absolute atomic E-state index is 11.5. The third kappa shape index (κ3) is 6.09. The molecule has 0 fully saturated rings. The Bertz CT molecular complexity index is 645. The van der Waals surface area contributed by atoms with Crippen LogP contribution in [0.5, 0.6) is 0 Å². The van der Waals surface area contributed by atoms with Gasteiger partial charge in [-0.1, -0.05) is 0 Å². The fourth-order valence-electron chi connectivity index (χ4n) is 1.73. The van der Waals surface area contributed by atoms with Crippen molar-refractivity contribution in [2.24, 2.45) is 10.9 Å². The number of nitrogens with zero attached hydrogens (tertiary/aromatic N) is 3. The van der Waals surface area contributed by atoms with Gasteiger partial charge in [0.1, 0.15) is 5.60 Å². The number of aryl methyl sites for hydroxylation is 1. The molecule has 0 saturated heterocycles. The number of hydrogen-bond donors (Lipinski definition) is 1. The topological polar surface area (TPSA) is 98.3 Å². The Morgan fingerprint density at radius 3 is 2.57 bits per heavy atom. The minimum absolute atomic E-state index is 0.270. The molecule has 0 aromatic carbocycles. The molecule has 0 aliphatic heterocycles. The van der Waals surface area contributed by atoms with E-state index in [2.05, 4.69) is 10.3 Å². The lowest BCUT2D eigenvalue weighted by atomic mass is 10.0. The normalized spacial score (nSPS) is 11.7. The van der Waals surface area contributed by atoms with Gasteiger partial charge in [0.25, 0.3) is 0 Å². The monoisotopic (exact) mass is 332 g/mol. The summed E-state index contributed by atoms with van der Waals surface area (Å²) in [5, 5.41) is 22.7. The summed E-state index contributed by atoms with van der Waals surface area (Å²) in [5.41, 5.74) is 0.872. The summed E-state index contributed by atoms with van der Waals surface area (Å²) in [4.78, 5) is 16.7. The van der Waals surface area contributed by atoms with Crippen LogP contribution in [0.2, 0.25) is 0 Å². The van der Waals surface area contributed by atoms with E-state index in [0.717, 1.165) is 10.4 Å². The minimum Gasteiger partial charge on any atom is -0.444 e. The summed E-state index contributed by atoms with van der Waals surface area (Å²) in [7, 11) is 0. The smallest absolute Gasteiger partial charge is 0.407 e. The van der Waals surface area contributed by atoms with Crippen LogP contribution in [0.1, 0.15) is 31.2 Å². The molecule has 1 rings (SSSR count). The summed E-state index contributed by atoms with van der Waals surface area (Å²) < 4.78 is 5.12. The first-order valence-electron chi connectivity index (χ1n) is 7.13. The van der Waals surface area contributed by atoms with Crippen LogP contribution in [0.25, 0.3) is 0 Å². The molecule has 6 nitrogen and oxygen atoms in total. The third-order valence-corrected chi connectivity index (χ3v) is 3.73. The molecular formula is C16H20N4O2S. The van der Waals surface area contributed by atoms with Crippen molar-refractivity contribution in [1.82, 2.24) is 5.32 Å². The Kier molecular flexibility index (Phi) is 6.74. The van der Waals surface area contributed by atoms with Crippen molar-refractivity contribution in [2.45, 2.75) is 33.3 Å². The van der Waals surface area contributed by atoms with Gasteiger partial charge in [0.15, 0.2) is 5.92 Å². The van der Waals surface area contributed by atoms with Gasteiger partial charge in [0, 0.05) is 6.54 Å². The molecule has 0 atom stereocenters. The molecule has 1 aromatic heterocycles. The van der Waals surface area contributed by atoms with E-state index < -0.39 is 17.6 Å². The molecule has 0 unspecified atom stereocenters. The van der Waals surface area contributed by atoms with Gasteiger partial charge in [-0.25, -0.2) is 4.79 Å². The number of aliphatic imine (C=N–C) groups is 1. The van der Waals surface area contributed by atoms with E-state index in [0.29, 0.717) is 5.71 Å². The quantitative estimate of drug-likeness (QED) is 0.662. The summed E-state index contributed by atoms with van der Waals surface area (Å²) >= 11 is 1.44. The van der Waals surface area contributed by atoms with E-state index in [9.17, 15) is 4.79 Å². The maximum Gasteiger partial charge on any atom is 0.407 e. The molecule has 7 heteroatoms. The van der Waals surface area contributed by atoms with Crippen molar-refractivity contribution in [3.05, 3.63) is 21.9 Å². The van der Waals surface area contributed by atoms with E-state index in [1.54, 1.807) is 20.8 Å². The Morgan fingerprint density at radius 2 is 2.09 bits per heavy atom. The Hall–Kier alpha value is -2.38. The molecular weight excluding hydrogens is 312 g/mol. The Morgan fingerprint density at radius 1 is 1.43 bits per heavy atom. The first kappa shape index (κ1) is 18.7. The predicted octanol–water partition coefficient (Wildman–Crippen LogP) is 3.03. The summed E-state index contributed by atoms with van der Waals surface area (Å²) in [6.45, 7) is 7.80. The SMILES string of the molecule is Cc1ccsc1C(=NCCNC(=O)OC(C)(C)C)C(C#N)C#N. The lowest BCUT2D eigenvalue weighted by Crippen LogP contribution is -2.34. The molecule has 0 radical (unpaired) electrons. The molecule has 1 N–H and O–H groups in total. The molecule has 23 heavy (non-hydrogen) atoms. The van der Waals surface area contributed by atoms with Gasteiger partial charge < -0.3 is 10.1 Å². The van der Waals surface area contributed by atoms with Crippen LogP contribution >= 0.6 is 11.3 Å². The number of hydrogen-bond acceptors (Lipinski definition) is 6. The highest BCUT2D eigenvalue weighted by molar-refractivity contribution is 7.12. The van der Waals surface area contributed by atoms with Crippen molar-refractivity contribution in [1.29, 1.82) is 10.5 Å². The van der Waals surface area contributed by atoms with Gasteiger partial charge in [-0.15, -0.1) is 11.3 Å². The molecule has 0 spiro atoms. The molecule has 0 saturated carbocycles. The number of nitrogens with one attached hydrogen (secondary N) is 1. The Labute approximate surface area is 140 Å². The average Bonchev–Trinajstić information content (AvgIpc) is 2.86. The van der Waals surface area contributed by atoms with Crippen molar-refractivity contribution in [3.8, 4) is 12.1 Å². The number of carbonyl (C=O) groups is 1. The van der Waals surface area contributed by atoms with Gasteiger partial charge >= 0.3 is 6.09 Å². The van der Waals surface area contributed by atoms with E-state index in [-0.39, 0.29) is 13.1 Å². The molecule has 1 amide bonds. The standard InChI is InChI=1S/C16H20N4O2S/c1-11-5-8-23-14(11)13(12(9-17)10-18)19-6-7-20-15(21)22-16(2,3)4/h5,8,12H,6-7H2,1-4H3,(H,20,21). The zero-order valence-corrected chi connectivity index (χ0v) is 14.5. The highest BCUT2D eigenvalue weighted by Gasteiger charge is 2.20. The second-order valence-corrected chi connectivity index (χ2v) is 6.74. The molecule has 0 aliphatic rings. The number of amides is 1. The largest absolute Gasteiger partial charge is 0.444 e. The van der Waals surface area contributed by atoms with Crippen molar-refractivity contribution < 1.29 is 9.53 Å². The first-order chi connectivity index (χ1) is 10.8. The fourth-order valence-corrected chi connectivity index (χ4v) is 2.69. The van der Waals surface area contributed by atoms with E-state index in [4.69, 9.17) is 15.3 Å². The van der Waals surface area contributed by atoms with Gasteiger partial charge in [-0.3, -0.25) is 4.99 Å². The van der Waals surface area contributed by atoms with Gasteiger partial charge in [0.2, 0.25) is 0 Å². The maximum atomic E-state index is 11.5. The highest BCUT2D eigenvalue weighted by atomic mass is 32.1. The number of alkyl carbamates (subject to hydrolysis) is 1. The molecule has 0 bridgehead atoms. The van der Waals surface area contributed by atoms with Gasteiger partial charge in [-0.05, 0) is 44.7 Å². The zero-order valence-electron chi connectivity index (χ0n) is 13.7. The zero-order chi connectivity index (χ0) is 17.5. The van der Waals surface area contributed by atoms with Crippen LogP contribution in [0.4, 0.5) is 4.79 Å². The third-order valence-electron chi connectivity index (χ3n) is 2.69. The predicted molar refractivity (Wildman–Crippen MR) is 89.4 cm³/mol. The van der Waals surface area contributed by atoms with Gasteiger partial charge in [-0.2, -0.15) is 10.5 Å². The number of ether oxygens (including phenoxy) is 1. The van der Waals surface area contributed by atoms with Crippen molar-refractivity contribution in [3.63, 3.8) is 0 Å². The van der Waals surface area contributed by atoms with Crippen molar-refractivity contribution in [2.75, 3.05) is 13.1 Å². The minimum atomic E-state index is -0.922. The number of rotatable bonds is 5. The molecule has 1 heterocycles. The van der Waals surface area contributed by atoms with Gasteiger partial charge in [0.05, 0.1) is 29.3 Å². The number of thiophene rings is 1. The highest BCUT2D eigenvalue weighted by Crippen LogP contribution is 2.20. The molecule has 0 aliphatic carbocycles. The fraction of sp³-hybridized carbons (Fsp3) is 0.500. The number of nitriles is 2. The number of carbonyl (C=O) groups excluding carboxylic acids is 1. The van der Waals surface area contributed by atoms with Crippen LogP contribution in [0.3, 0.4) is 0 Å². The summed E-state index contributed by atoms with van der Waals surface area (Å²) in [5.74, 6) is -0.922. The van der Waals surface area contributed by atoms with E-state index in [1.165, 1.54) is 11.3 Å². The lowest BCUT2D eigenvalue weighted by molar-refractivity contribution is 0.0529. The summed E-state index contributed by atoms with van der Waals surface area (Å²) in [6, 6.07) is 5.82. The van der Waals surface area contributed by atoms with E-state index >= 15 is 0 Å². The second-order valence-electron chi connectivity index (χ2n) is 5.82. The van der Waals surface area contributed by atoms with Crippen LogP contribution in [-0.2, 0) is 4.74 Å². The van der Waals surface area contributed by atoms with Crippen LogP contribution in [0, 0.1) is 35.5 Å². The van der Waals surface area contributed by atoms with E-state index in [1.807, 2.05) is 30.5 Å². The average molecular weight is 332 g/mol. The second kappa shape index (κ2) is 8.30. The van der Waals surface area contributed by atoms with Crippen LogP contribution < -0.4 is 5.32 Å². The lowest BCUT2D eigenvalue weighted by Gasteiger charge is -2.19. The summed E-state index contributed by atoms with van der Waals surface area (Å²) in [6.07, 6.45) is -0.515. The first-order valence-corrected chi connectivity index (χ1v) is 8.01.